The molecule has 6 heteroatoms. The number of rotatable bonds is 3. The van der Waals surface area contributed by atoms with Crippen LogP contribution in [0.25, 0.3) is 11.1 Å². The Morgan fingerprint density at radius 1 is 1.43 bits per heavy atom. The van der Waals surface area contributed by atoms with Crippen molar-refractivity contribution >= 4 is 22.7 Å². The summed E-state index contributed by atoms with van der Waals surface area (Å²) in [5, 5.41) is 2.85. The summed E-state index contributed by atoms with van der Waals surface area (Å²) in [6.07, 6.45) is 2.83. The molecule has 1 aromatic carbocycles. The Kier molecular flexibility index (Phi) is 2.77. The summed E-state index contributed by atoms with van der Waals surface area (Å²) < 4.78 is 10.9. The van der Waals surface area contributed by atoms with E-state index in [1.165, 1.54) is 0 Å². The zero-order valence-electron chi connectivity index (χ0n) is 11.6. The largest absolute Gasteiger partial charge is 0.440 e. The number of amides is 1. The van der Waals surface area contributed by atoms with Gasteiger partial charge in [-0.3, -0.25) is 4.79 Å². The number of ether oxygens (including phenoxy) is 1. The molecule has 110 valence electrons. The zero-order valence-corrected chi connectivity index (χ0v) is 11.6. The standard InChI is InChI=1S/C15H17N3O3/c16-15(5-6-20-8-15)14(19)17-10-3-4-12-11(7-10)18-13(21-12)9-1-2-9/h3-4,7,9H,1-2,5-6,8,16H2,(H,17,19). The summed E-state index contributed by atoms with van der Waals surface area (Å²) in [6, 6.07) is 5.46. The van der Waals surface area contributed by atoms with Crippen LogP contribution in [0.2, 0.25) is 0 Å². The third kappa shape index (κ3) is 2.30. The second-order valence-corrected chi connectivity index (χ2v) is 5.92. The summed E-state index contributed by atoms with van der Waals surface area (Å²) in [4.78, 5) is 16.7. The first-order valence-corrected chi connectivity index (χ1v) is 7.23. The normalized spacial score (nSPS) is 25.4. The molecule has 2 aliphatic rings. The zero-order chi connectivity index (χ0) is 14.4. The highest BCUT2D eigenvalue weighted by Crippen LogP contribution is 2.40. The Bertz CT molecular complexity index is 699. The maximum atomic E-state index is 12.2. The fraction of sp³-hybridized carbons (Fsp3) is 0.467. The molecule has 1 saturated carbocycles. The van der Waals surface area contributed by atoms with Crippen molar-refractivity contribution in [3.8, 4) is 0 Å². The van der Waals surface area contributed by atoms with Gasteiger partial charge in [0.15, 0.2) is 11.5 Å². The molecule has 0 radical (unpaired) electrons. The molecule has 1 aromatic heterocycles. The molecule has 0 spiro atoms. The topological polar surface area (TPSA) is 90.4 Å². The van der Waals surface area contributed by atoms with Crippen LogP contribution in [-0.2, 0) is 9.53 Å². The number of nitrogens with two attached hydrogens (primary N) is 1. The van der Waals surface area contributed by atoms with E-state index in [-0.39, 0.29) is 12.5 Å². The molecule has 21 heavy (non-hydrogen) atoms. The van der Waals surface area contributed by atoms with Gasteiger partial charge in [-0.1, -0.05) is 0 Å². The molecule has 2 aromatic rings. The second kappa shape index (κ2) is 4.54. The van der Waals surface area contributed by atoms with Crippen LogP contribution in [-0.4, -0.2) is 29.6 Å². The monoisotopic (exact) mass is 287 g/mol. The third-order valence-electron chi connectivity index (χ3n) is 4.09. The maximum Gasteiger partial charge on any atom is 0.246 e. The van der Waals surface area contributed by atoms with Crippen LogP contribution in [0.3, 0.4) is 0 Å². The van der Waals surface area contributed by atoms with Gasteiger partial charge in [-0.2, -0.15) is 0 Å². The molecule has 2 heterocycles. The first kappa shape index (κ1) is 12.8. The van der Waals surface area contributed by atoms with Gasteiger partial charge < -0.3 is 20.2 Å². The molecule has 4 rings (SSSR count). The number of nitrogens with one attached hydrogen (secondary N) is 1. The fourth-order valence-electron chi connectivity index (χ4n) is 2.54. The van der Waals surface area contributed by atoms with Crippen molar-refractivity contribution in [1.82, 2.24) is 4.98 Å². The van der Waals surface area contributed by atoms with Gasteiger partial charge >= 0.3 is 0 Å². The van der Waals surface area contributed by atoms with Gasteiger partial charge in [0.2, 0.25) is 5.91 Å². The summed E-state index contributed by atoms with van der Waals surface area (Å²) in [5.41, 5.74) is 7.31. The summed E-state index contributed by atoms with van der Waals surface area (Å²) in [6.45, 7) is 0.786. The Hall–Kier alpha value is -1.92. The van der Waals surface area contributed by atoms with E-state index in [0.717, 1.165) is 29.8 Å². The molecular formula is C15H17N3O3. The lowest BCUT2D eigenvalue weighted by Crippen LogP contribution is -2.51. The molecule has 1 unspecified atom stereocenters. The van der Waals surface area contributed by atoms with Crippen molar-refractivity contribution in [1.29, 1.82) is 0 Å². The van der Waals surface area contributed by atoms with Gasteiger partial charge in [-0.15, -0.1) is 0 Å². The van der Waals surface area contributed by atoms with E-state index in [9.17, 15) is 4.79 Å². The smallest absolute Gasteiger partial charge is 0.246 e. The summed E-state index contributed by atoms with van der Waals surface area (Å²) in [7, 11) is 0. The Morgan fingerprint density at radius 3 is 3.00 bits per heavy atom. The molecule has 0 bridgehead atoms. The van der Waals surface area contributed by atoms with Crippen LogP contribution < -0.4 is 11.1 Å². The number of aromatic nitrogens is 1. The van der Waals surface area contributed by atoms with Crippen molar-refractivity contribution < 1.29 is 13.9 Å². The van der Waals surface area contributed by atoms with Crippen molar-refractivity contribution in [2.75, 3.05) is 18.5 Å². The molecule has 1 aliphatic heterocycles. The minimum absolute atomic E-state index is 0.217. The van der Waals surface area contributed by atoms with Crippen LogP contribution in [0.15, 0.2) is 22.6 Å². The molecule has 1 atom stereocenters. The quantitative estimate of drug-likeness (QED) is 0.897. The summed E-state index contributed by atoms with van der Waals surface area (Å²) >= 11 is 0. The first-order chi connectivity index (χ1) is 10.1. The minimum Gasteiger partial charge on any atom is -0.440 e. The van der Waals surface area contributed by atoms with E-state index in [0.29, 0.717) is 24.6 Å². The van der Waals surface area contributed by atoms with Crippen molar-refractivity contribution in [2.45, 2.75) is 30.7 Å². The third-order valence-corrected chi connectivity index (χ3v) is 4.09. The van der Waals surface area contributed by atoms with E-state index in [1.807, 2.05) is 12.1 Å². The highest BCUT2D eigenvalue weighted by Gasteiger charge is 2.38. The van der Waals surface area contributed by atoms with Crippen molar-refractivity contribution in [3.05, 3.63) is 24.1 Å². The van der Waals surface area contributed by atoms with Crippen LogP contribution in [0.4, 0.5) is 5.69 Å². The average Bonchev–Trinajstić information content (AvgIpc) is 3.08. The van der Waals surface area contributed by atoms with Crippen LogP contribution >= 0.6 is 0 Å². The molecule has 2 fully saturated rings. The number of benzene rings is 1. The second-order valence-electron chi connectivity index (χ2n) is 5.92. The molecule has 3 N–H and O–H groups in total. The number of nitrogens with zero attached hydrogens (tertiary/aromatic N) is 1. The predicted octanol–water partition coefficient (Wildman–Crippen LogP) is 1.76. The molecule has 1 saturated heterocycles. The van der Waals surface area contributed by atoms with Crippen molar-refractivity contribution in [2.24, 2.45) is 5.73 Å². The molecule has 1 amide bonds. The van der Waals surface area contributed by atoms with Gasteiger partial charge in [-0.25, -0.2) is 4.98 Å². The molecule has 1 aliphatic carbocycles. The Balaban J connectivity index is 1.57. The number of fused-ring (bicyclic) bond motifs is 1. The number of carbonyl (C=O) groups excluding carboxylic acids is 1. The minimum atomic E-state index is -0.933. The van der Waals surface area contributed by atoms with Gasteiger partial charge in [0.1, 0.15) is 11.1 Å². The van der Waals surface area contributed by atoms with Gasteiger partial charge in [-0.05, 0) is 37.5 Å². The van der Waals surface area contributed by atoms with Gasteiger partial charge in [0.05, 0.1) is 6.61 Å². The fourth-order valence-corrected chi connectivity index (χ4v) is 2.54. The lowest BCUT2D eigenvalue weighted by Gasteiger charge is -2.20. The number of anilines is 1. The Labute approximate surface area is 121 Å². The highest BCUT2D eigenvalue weighted by molar-refractivity contribution is 5.99. The van der Waals surface area contributed by atoms with Gasteiger partial charge in [0.25, 0.3) is 0 Å². The molecular weight excluding hydrogens is 270 g/mol. The van der Waals surface area contributed by atoms with E-state index in [2.05, 4.69) is 10.3 Å². The average molecular weight is 287 g/mol. The predicted molar refractivity (Wildman–Crippen MR) is 77.0 cm³/mol. The van der Waals surface area contributed by atoms with Gasteiger partial charge in [0, 0.05) is 18.2 Å². The maximum absolute atomic E-state index is 12.2. The van der Waals surface area contributed by atoms with E-state index in [1.54, 1.807) is 6.07 Å². The Morgan fingerprint density at radius 2 is 2.29 bits per heavy atom. The number of oxazole rings is 1. The highest BCUT2D eigenvalue weighted by atomic mass is 16.5. The van der Waals surface area contributed by atoms with E-state index in [4.69, 9.17) is 14.9 Å². The van der Waals surface area contributed by atoms with Crippen LogP contribution in [0, 0.1) is 0 Å². The SMILES string of the molecule is NC1(C(=O)Nc2ccc3oc(C4CC4)nc3c2)CCOC1. The van der Waals surface area contributed by atoms with Crippen LogP contribution in [0.5, 0.6) is 0 Å². The summed E-state index contributed by atoms with van der Waals surface area (Å²) in [5.74, 6) is 1.05. The number of hydrogen-bond donors (Lipinski definition) is 2. The van der Waals surface area contributed by atoms with Crippen molar-refractivity contribution in [3.63, 3.8) is 0 Å². The van der Waals surface area contributed by atoms with Crippen LogP contribution in [0.1, 0.15) is 31.1 Å². The number of carbonyl (C=O) groups is 1. The van der Waals surface area contributed by atoms with E-state index >= 15 is 0 Å². The lowest BCUT2D eigenvalue weighted by atomic mass is 9.99. The molecule has 6 nitrogen and oxygen atoms in total. The van der Waals surface area contributed by atoms with E-state index < -0.39 is 5.54 Å². The first-order valence-electron chi connectivity index (χ1n) is 7.23. The lowest BCUT2D eigenvalue weighted by molar-refractivity contribution is -0.121. The number of hydrogen-bond acceptors (Lipinski definition) is 5.